The van der Waals surface area contributed by atoms with Gasteiger partial charge in [-0.1, -0.05) is 41.4 Å². The topological polar surface area (TPSA) is 37.4 Å². The molecule has 32 heavy (non-hydrogen) atoms. The van der Waals surface area contributed by atoms with E-state index in [0.717, 1.165) is 12.1 Å². The molecule has 0 N–H and O–H groups in total. The van der Waals surface area contributed by atoms with Crippen molar-refractivity contribution in [3.05, 3.63) is 87.9 Å². The molecule has 0 saturated carbocycles. The molecule has 0 atom stereocenters. The van der Waals surface area contributed by atoms with Gasteiger partial charge in [0.05, 0.1) is 27.4 Å². The van der Waals surface area contributed by atoms with Crippen LogP contribution in [0.2, 0.25) is 10.0 Å². The van der Waals surface area contributed by atoms with Gasteiger partial charge < -0.3 is 0 Å². The lowest BCUT2D eigenvalue weighted by atomic mass is 10.1. The highest BCUT2D eigenvalue weighted by molar-refractivity contribution is 7.93. The Bertz CT molecular complexity index is 1190. The lowest BCUT2D eigenvalue weighted by Gasteiger charge is -2.26. The van der Waals surface area contributed by atoms with Gasteiger partial charge in [0, 0.05) is 10.0 Å². The molecule has 170 valence electrons. The van der Waals surface area contributed by atoms with Crippen molar-refractivity contribution in [1.29, 1.82) is 0 Å². The molecule has 0 aliphatic carbocycles. The number of hydrogen-bond donors (Lipinski definition) is 0. The van der Waals surface area contributed by atoms with Crippen LogP contribution in [-0.4, -0.2) is 8.42 Å². The van der Waals surface area contributed by atoms with Gasteiger partial charge in [-0.2, -0.15) is 26.3 Å². The molecule has 0 fully saturated rings. The van der Waals surface area contributed by atoms with Gasteiger partial charge >= 0.3 is 12.4 Å². The third kappa shape index (κ3) is 5.13. The minimum absolute atomic E-state index is 0.0878. The molecule has 0 aliphatic rings. The summed E-state index contributed by atoms with van der Waals surface area (Å²) in [4.78, 5) is -0.523. The van der Waals surface area contributed by atoms with E-state index in [9.17, 15) is 34.8 Å². The molecular formula is C20H11Cl2F6NO2S. The van der Waals surface area contributed by atoms with Gasteiger partial charge in [-0.3, -0.25) is 0 Å². The van der Waals surface area contributed by atoms with E-state index in [0.29, 0.717) is 16.4 Å². The predicted octanol–water partition coefficient (Wildman–Crippen LogP) is 7.56. The first-order chi connectivity index (χ1) is 14.7. The molecule has 0 amide bonds. The summed E-state index contributed by atoms with van der Waals surface area (Å²) < 4.78 is 107. The summed E-state index contributed by atoms with van der Waals surface area (Å²) in [6.07, 6.45) is -10.3. The normalized spacial score (nSPS) is 12.6. The van der Waals surface area contributed by atoms with E-state index in [2.05, 4.69) is 0 Å². The van der Waals surface area contributed by atoms with E-state index in [1.807, 2.05) is 0 Å². The first-order valence-corrected chi connectivity index (χ1v) is 10.7. The predicted molar refractivity (Wildman–Crippen MR) is 109 cm³/mol. The van der Waals surface area contributed by atoms with Crippen LogP contribution in [-0.2, 0) is 22.4 Å². The van der Waals surface area contributed by atoms with Crippen LogP contribution >= 0.6 is 23.2 Å². The second-order valence-electron chi connectivity index (χ2n) is 6.47. The fourth-order valence-electron chi connectivity index (χ4n) is 2.83. The van der Waals surface area contributed by atoms with E-state index < -0.39 is 44.1 Å². The smallest absolute Gasteiger partial charge is 0.234 e. The number of hydrogen-bond acceptors (Lipinski definition) is 2. The van der Waals surface area contributed by atoms with Gasteiger partial charge in [0.25, 0.3) is 10.0 Å². The SMILES string of the molecule is O=S(=O)(c1cc(Cl)cc(Cl)c1)N(c1ccccc1)c1cc(C(F)(F)F)cc(C(F)(F)F)c1. The van der Waals surface area contributed by atoms with Crippen LogP contribution in [0, 0.1) is 0 Å². The number of benzene rings is 3. The van der Waals surface area contributed by atoms with Crippen LogP contribution in [0.4, 0.5) is 37.7 Å². The molecule has 0 aliphatic heterocycles. The maximum absolute atomic E-state index is 13.4. The first kappa shape index (κ1) is 24.2. The van der Waals surface area contributed by atoms with Gasteiger partial charge in [-0.25, -0.2) is 12.7 Å². The molecule has 12 heteroatoms. The van der Waals surface area contributed by atoms with Crippen molar-refractivity contribution in [2.75, 3.05) is 4.31 Å². The quantitative estimate of drug-likeness (QED) is 0.337. The number of nitrogens with zero attached hydrogens (tertiary/aromatic N) is 1. The zero-order chi connectivity index (χ0) is 23.9. The highest BCUT2D eigenvalue weighted by atomic mass is 35.5. The Labute approximate surface area is 188 Å². The van der Waals surface area contributed by atoms with Crippen molar-refractivity contribution in [3.8, 4) is 0 Å². The number of para-hydroxylation sites is 1. The lowest BCUT2D eigenvalue weighted by Crippen LogP contribution is -2.27. The largest absolute Gasteiger partial charge is 0.416 e. The standard InChI is InChI=1S/C20H11Cl2F6NO2S/c21-14-9-15(22)11-18(10-14)32(30,31)29(16-4-2-1-3-5-16)17-7-12(19(23,24)25)6-13(8-17)20(26,27)28/h1-11H. The summed E-state index contributed by atoms with van der Waals surface area (Å²) in [6.45, 7) is 0. The highest BCUT2D eigenvalue weighted by Gasteiger charge is 2.39. The summed E-state index contributed by atoms with van der Waals surface area (Å²) in [5.41, 5.74) is -4.39. The maximum Gasteiger partial charge on any atom is 0.416 e. The molecule has 3 nitrogen and oxygen atoms in total. The van der Waals surface area contributed by atoms with E-state index in [1.54, 1.807) is 0 Å². The van der Waals surface area contributed by atoms with Crippen molar-refractivity contribution in [2.45, 2.75) is 17.2 Å². The van der Waals surface area contributed by atoms with E-state index >= 15 is 0 Å². The molecule has 3 aromatic rings. The molecule has 0 radical (unpaired) electrons. The van der Waals surface area contributed by atoms with Crippen molar-refractivity contribution in [1.82, 2.24) is 0 Å². The lowest BCUT2D eigenvalue weighted by molar-refractivity contribution is -0.143. The van der Waals surface area contributed by atoms with E-state index in [4.69, 9.17) is 23.2 Å². The Hall–Kier alpha value is -2.43. The van der Waals surface area contributed by atoms with Crippen LogP contribution in [0.15, 0.2) is 71.6 Å². The van der Waals surface area contributed by atoms with Crippen molar-refractivity contribution in [2.24, 2.45) is 0 Å². The summed E-state index contributed by atoms with van der Waals surface area (Å²) >= 11 is 11.7. The number of rotatable bonds is 4. The van der Waals surface area contributed by atoms with Gasteiger partial charge in [-0.05, 0) is 48.5 Å². The van der Waals surface area contributed by atoms with E-state index in [-0.39, 0.29) is 21.8 Å². The zero-order valence-corrected chi connectivity index (χ0v) is 17.9. The fourth-order valence-corrected chi connectivity index (χ4v) is 5.03. The zero-order valence-electron chi connectivity index (χ0n) is 15.5. The number of alkyl halides is 6. The van der Waals surface area contributed by atoms with Crippen LogP contribution in [0.3, 0.4) is 0 Å². The Morgan fingerprint density at radius 2 is 1.12 bits per heavy atom. The Kier molecular flexibility index (Phi) is 6.43. The molecule has 0 heterocycles. The fraction of sp³-hybridized carbons (Fsp3) is 0.100. The van der Waals surface area contributed by atoms with Gasteiger partial charge in [0.1, 0.15) is 0 Å². The van der Waals surface area contributed by atoms with Crippen LogP contribution < -0.4 is 4.31 Å². The summed E-state index contributed by atoms with van der Waals surface area (Å²) in [7, 11) is -4.75. The van der Waals surface area contributed by atoms with Crippen molar-refractivity contribution < 1.29 is 34.8 Å². The van der Waals surface area contributed by atoms with E-state index in [1.165, 1.54) is 36.4 Å². The molecular weight excluding hydrogens is 503 g/mol. The Morgan fingerprint density at radius 1 is 0.656 bits per heavy atom. The summed E-state index contributed by atoms with van der Waals surface area (Å²) in [6, 6.07) is 10.4. The van der Waals surface area contributed by atoms with Gasteiger partial charge in [-0.15, -0.1) is 0 Å². The molecule has 0 saturated heterocycles. The second kappa shape index (κ2) is 8.49. The average Bonchev–Trinajstić information content (AvgIpc) is 2.66. The highest BCUT2D eigenvalue weighted by Crippen LogP contribution is 2.42. The van der Waals surface area contributed by atoms with Crippen LogP contribution in [0.25, 0.3) is 0 Å². The molecule has 0 unspecified atom stereocenters. The Balaban J connectivity index is 2.36. The molecule has 3 aromatic carbocycles. The average molecular weight is 514 g/mol. The number of sulfonamides is 1. The third-order valence-corrected chi connectivity index (χ3v) is 6.34. The maximum atomic E-state index is 13.4. The molecule has 0 spiro atoms. The summed E-state index contributed by atoms with van der Waals surface area (Å²) in [5, 5.41) is -0.187. The second-order valence-corrected chi connectivity index (χ2v) is 9.13. The number of halogens is 8. The molecule has 0 bridgehead atoms. The van der Waals surface area contributed by atoms with Gasteiger partial charge in [0.2, 0.25) is 0 Å². The van der Waals surface area contributed by atoms with Crippen LogP contribution in [0.1, 0.15) is 11.1 Å². The first-order valence-electron chi connectivity index (χ1n) is 8.55. The van der Waals surface area contributed by atoms with Crippen molar-refractivity contribution >= 4 is 44.6 Å². The molecule has 3 rings (SSSR count). The molecule has 0 aromatic heterocycles. The number of anilines is 2. The minimum Gasteiger partial charge on any atom is -0.234 e. The Morgan fingerprint density at radius 3 is 1.56 bits per heavy atom. The summed E-state index contributed by atoms with van der Waals surface area (Å²) in [5.74, 6) is 0. The third-order valence-electron chi connectivity index (χ3n) is 4.17. The van der Waals surface area contributed by atoms with Crippen LogP contribution in [0.5, 0.6) is 0 Å². The monoisotopic (exact) mass is 513 g/mol. The minimum atomic E-state index is -5.17. The van der Waals surface area contributed by atoms with Gasteiger partial charge in [0.15, 0.2) is 0 Å². The van der Waals surface area contributed by atoms with Crippen molar-refractivity contribution in [3.63, 3.8) is 0 Å².